The number of halogens is 1. The first-order valence-electron chi connectivity index (χ1n) is 6.78. The summed E-state index contributed by atoms with van der Waals surface area (Å²) < 4.78 is 14.1. The van der Waals surface area contributed by atoms with Gasteiger partial charge in [0.15, 0.2) is 5.96 Å². The molecule has 0 aliphatic carbocycles. The van der Waals surface area contributed by atoms with Crippen LogP contribution in [0.25, 0.3) is 17.2 Å². The number of nitrogens with zero attached hydrogens (tertiary/aromatic N) is 1. The topological polar surface area (TPSA) is 102 Å². The number of rotatable bonds is 3. The number of aliphatic imine (C=N–C) groups is 1. The molecule has 5 nitrogen and oxygen atoms in total. The van der Waals surface area contributed by atoms with Gasteiger partial charge in [0.25, 0.3) is 5.91 Å². The first-order valence-corrected chi connectivity index (χ1v) is 6.78. The molecule has 0 fully saturated rings. The van der Waals surface area contributed by atoms with E-state index in [1.807, 2.05) is 0 Å². The molecule has 0 bridgehead atoms. The van der Waals surface area contributed by atoms with Crippen molar-refractivity contribution in [2.45, 2.75) is 6.92 Å². The number of amides is 1. The van der Waals surface area contributed by atoms with Crippen LogP contribution in [-0.4, -0.2) is 17.0 Å². The van der Waals surface area contributed by atoms with Gasteiger partial charge in [-0.3, -0.25) is 4.79 Å². The molecule has 0 aliphatic rings. The van der Waals surface area contributed by atoms with Crippen molar-refractivity contribution < 1.29 is 14.3 Å². The molecule has 2 aromatic carbocycles. The van der Waals surface area contributed by atoms with Gasteiger partial charge in [0.05, 0.1) is 0 Å². The Morgan fingerprint density at radius 3 is 2.52 bits per heavy atom. The summed E-state index contributed by atoms with van der Waals surface area (Å²) in [5.41, 5.74) is 12.2. The highest BCUT2D eigenvalue weighted by Crippen LogP contribution is 2.29. The molecule has 0 heterocycles. The molecule has 5 N–H and O–H groups in total. The zero-order valence-corrected chi connectivity index (χ0v) is 12.5. The standard InChI is InChI=1S/C17H16FN3O2/c1-10(16(23)21-17(19)20)8-11-4-2-3-5-13(11)14-7-6-12(22)9-15(14)18/h2-9,22H,1H3,(H4,19,20,21,23)/b10-8+. The summed E-state index contributed by atoms with van der Waals surface area (Å²) in [6.45, 7) is 1.57. The fourth-order valence-corrected chi connectivity index (χ4v) is 2.09. The lowest BCUT2D eigenvalue weighted by Crippen LogP contribution is -2.24. The lowest BCUT2D eigenvalue weighted by atomic mass is 9.97. The Hall–Kier alpha value is -3.15. The Kier molecular flexibility index (Phi) is 4.75. The van der Waals surface area contributed by atoms with E-state index in [0.29, 0.717) is 22.3 Å². The number of phenolic OH excluding ortho intramolecular Hbond substituents is 1. The van der Waals surface area contributed by atoms with E-state index in [1.54, 1.807) is 37.3 Å². The third-order valence-corrected chi connectivity index (χ3v) is 3.14. The molecule has 118 valence electrons. The van der Waals surface area contributed by atoms with Crippen LogP contribution < -0.4 is 11.5 Å². The maximum absolute atomic E-state index is 14.1. The minimum absolute atomic E-state index is 0.154. The van der Waals surface area contributed by atoms with Gasteiger partial charge in [-0.2, -0.15) is 4.99 Å². The predicted octanol–water partition coefficient (Wildman–Crippen LogP) is 2.40. The van der Waals surface area contributed by atoms with Gasteiger partial charge in [-0.25, -0.2) is 4.39 Å². The van der Waals surface area contributed by atoms with E-state index in [0.717, 1.165) is 6.07 Å². The van der Waals surface area contributed by atoms with Gasteiger partial charge >= 0.3 is 0 Å². The summed E-state index contributed by atoms with van der Waals surface area (Å²) in [6.07, 6.45) is 1.58. The van der Waals surface area contributed by atoms with E-state index in [2.05, 4.69) is 4.99 Å². The van der Waals surface area contributed by atoms with Crippen molar-refractivity contribution in [2.75, 3.05) is 0 Å². The van der Waals surface area contributed by atoms with E-state index >= 15 is 0 Å². The normalized spacial score (nSPS) is 11.1. The van der Waals surface area contributed by atoms with Crippen molar-refractivity contribution in [3.8, 4) is 16.9 Å². The second kappa shape index (κ2) is 6.74. The third-order valence-electron chi connectivity index (χ3n) is 3.14. The van der Waals surface area contributed by atoms with Crippen LogP contribution >= 0.6 is 0 Å². The number of phenols is 1. The molecule has 0 saturated carbocycles. The molecule has 6 heteroatoms. The molecule has 0 aliphatic heterocycles. The lowest BCUT2D eigenvalue weighted by molar-refractivity contribution is -0.114. The number of aromatic hydroxyl groups is 1. The summed E-state index contributed by atoms with van der Waals surface area (Å²) in [6, 6.07) is 10.9. The number of benzene rings is 2. The Morgan fingerprint density at radius 2 is 1.87 bits per heavy atom. The summed E-state index contributed by atoms with van der Waals surface area (Å²) in [4.78, 5) is 15.3. The highest BCUT2D eigenvalue weighted by molar-refractivity contribution is 6.04. The summed E-state index contributed by atoms with van der Waals surface area (Å²) in [5.74, 6) is -1.59. The van der Waals surface area contributed by atoms with Gasteiger partial charge in [0.1, 0.15) is 11.6 Å². The molecule has 0 atom stereocenters. The Balaban J connectivity index is 2.50. The first-order chi connectivity index (χ1) is 10.9. The lowest BCUT2D eigenvalue weighted by Gasteiger charge is -2.08. The van der Waals surface area contributed by atoms with E-state index in [1.165, 1.54) is 12.1 Å². The van der Waals surface area contributed by atoms with Crippen LogP contribution in [0.5, 0.6) is 5.75 Å². The summed E-state index contributed by atoms with van der Waals surface area (Å²) in [5, 5.41) is 9.32. The number of carbonyl (C=O) groups is 1. The number of hydrogen-bond acceptors (Lipinski definition) is 2. The van der Waals surface area contributed by atoms with Crippen LogP contribution in [0.3, 0.4) is 0 Å². The Bertz CT molecular complexity index is 809. The number of nitrogens with two attached hydrogens (primary N) is 2. The molecule has 0 spiro atoms. The van der Waals surface area contributed by atoms with E-state index in [4.69, 9.17) is 11.5 Å². The number of hydrogen-bond donors (Lipinski definition) is 3. The number of guanidine groups is 1. The molecule has 2 aromatic rings. The van der Waals surface area contributed by atoms with Crippen molar-refractivity contribution in [3.05, 3.63) is 59.4 Å². The van der Waals surface area contributed by atoms with Gasteiger partial charge in [-0.15, -0.1) is 0 Å². The van der Waals surface area contributed by atoms with E-state index < -0.39 is 11.7 Å². The molecule has 0 unspecified atom stereocenters. The monoisotopic (exact) mass is 313 g/mol. The molecule has 23 heavy (non-hydrogen) atoms. The average molecular weight is 313 g/mol. The second-order valence-electron chi connectivity index (χ2n) is 4.92. The molecule has 0 radical (unpaired) electrons. The largest absolute Gasteiger partial charge is 0.508 e. The quantitative estimate of drug-likeness (QED) is 0.460. The van der Waals surface area contributed by atoms with Crippen LogP contribution in [0.15, 0.2) is 53.0 Å². The van der Waals surface area contributed by atoms with Crippen molar-refractivity contribution in [1.82, 2.24) is 0 Å². The van der Waals surface area contributed by atoms with Crippen molar-refractivity contribution in [1.29, 1.82) is 0 Å². The maximum atomic E-state index is 14.1. The van der Waals surface area contributed by atoms with Crippen molar-refractivity contribution >= 4 is 17.9 Å². The molecule has 0 aromatic heterocycles. The Labute approximate surface area is 132 Å². The van der Waals surface area contributed by atoms with Crippen LogP contribution in [-0.2, 0) is 4.79 Å². The number of carbonyl (C=O) groups excluding carboxylic acids is 1. The average Bonchev–Trinajstić information content (AvgIpc) is 2.47. The van der Waals surface area contributed by atoms with Gasteiger partial charge in [-0.1, -0.05) is 24.3 Å². The minimum Gasteiger partial charge on any atom is -0.508 e. The van der Waals surface area contributed by atoms with Crippen LogP contribution in [0.1, 0.15) is 12.5 Å². The molecule has 2 rings (SSSR count). The fourth-order valence-electron chi connectivity index (χ4n) is 2.09. The maximum Gasteiger partial charge on any atom is 0.275 e. The highest BCUT2D eigenvalue weighted by atomic mass is 19.1. The Morgan fingerprint density at radius 1 is 1.17 bits per heavy atom. The SMILES string of the molecule is C/C(=C\c1ccccc1-c1ccc(O)cc1F)C(=O)N=C(N)N. The second-order valence-corrected chi connectivity index (χ2v) is 4.92. The van der Waals surface area contributed by atoms with Gasteiger partial charge < -0.3 is 16.6 Å². The van der Waals surface area contributed by atoms with Crippen LogP contribution in [0.4, 0.5) is 4.39 Å². The summed E-state index contributed by atoms with van der Waals surface area (Å²) in [7, 11) is 0. The van der Waals surface area contributed by atoms with Crippen molar-refractivity contribution in [2.24, 2.45) is 16.5 Å². The first kappa shape index (κ1) is 16.2. The zero-order chi connectivity index (χ0) is 17.0. The van der Waals surface area contributed by atoms with E-state index in [9.17, 15) is 14.3 Å². The zero-order valence-electron chi connectivity index (χ0n) is 12.5. The molecular formula is C17H16FN3O2. The fraction of sp³-hybridized carbons (Fsp3) is 0.0588. The van der Waals surface area contributed by atoms with Crippen LogP contribution in [0, 0.1) is 5.82 Å². The predicted molar refractivity (Wildman–Crippen MR) is 88.0 cm³/mol. The van der Waals surface area contributed by atoms with E-state index in [-0.39, 0.29) is 11.7 Å². The molecular weight excluding hydrogens is 297 g/mol. The third kappa shape index (κ3) is 3.94. The smallest absolute Gasteiger partial charge is 0.275 e. The molecule has 1 amide bonds. The van der Waals surface area contributed by atoms with Crippen LogP contribution in [0.2, 0.25) is 0 Å². The van der Waals surface area contributed by atoms with Gasteiger partial charge in [-0.05, 0) is 36.3 Å². The van der Waals surface area contributed by atoms with Gasteiger partial charge in [0, 0.05) is 17.2 Å². The highest BCUT2D eigenvalue weighted by Gasteiger charge is 2.11. The van der Waals surface area contributed by atoms with Crippen molar-refractivity contribution in [3.63, 3.8) is 0 Å². The minimum atomic E-state index is -0.564. The molecule has 0 saturated heterocycles. The summed E-state index contributed by atoms with van der Waals surface area (Å²) >= 11 is 0. The van der Waals surface area contributed by atoms with Gasteiger partial charge in [0.2, 0.25) is 0 Å².